The van der Waals surface area contributed by atoms with Gasteiger partial charge in [0.25, 0.3) is 0 Å². The minimum absolute atomic E-state index is 0.297. The van der Waals surface area contributed by atoms with E-state index in [0.29, 0.717) is 18.1 Å². The van der Waals surface area contributed by atoms with Gasteiger partial charge in [0.05, 0.1) is 17.7 Å². The van der Waals surface area contributed by atoms with Crippen molar-refractivity contribution < 1.29 is 4.79 Å². The van der Waals surface area contributed by atoms with Gasteiger partial charge in [0.15, 0.2) is 10.7 Å². The molecule has 114 valence electrons. The molecule has 2 unspecified atom stereocenters. The first kappa shape index (κ1) is 14.7. The number of imidazole rings is 1. The van der Waals surface area contributed by atoms with Crippen molar-refractivity contribution in [2.75, 3.05) is 14.1 Å². The molecule has 3 rings (SSSR count). The number of thiazole rings is 1. The molecule has 0 spiro atoms. The van der Waals surface area contributed by atoms with Crippen LogP contribution in [-0.2, 0) is 11.2 Å². The number of hydrogen-bond donors (Lipinski definition) is 0. The second kappa shape index (κ2) is 5.54. The summed E-state index contributed by atoms with van der Waals surface area (Å²) in [7, 11) is 4.09. The third-order valence-electron chi connectivity index (χ3n) is 4.83. The van der Waals surface area contributed by atoms with Gasteiger partial charge in [-0.05, 0) is 32.9 Å². The minimum Gasteiger partial charge on any atom is -0.297 e. The Morgan fingerprint density at radius 3 is 3.05 bits per heavy atom. The van der Waals surface area contributed by atoms with E-state index in [9.17, 15) is 4.79 Å². The number of hydrogen-bond acceptors (Lipinski definition) is 4. The molecule has 21 heavy (non-hydrogen) atoms. The molecule has 1 aliphatic rings. The number of fused-ring (bicyclic) bond motifs is 1. The van der Waals surface area contributed by atoms with Gasteiger partial charge < -0.3 is 0 Å². The van der Waals surface area contributed by atoms with Crippen LogP contribution >= 0.6 is 11.3 Å². The molecule has 5 heteroatoms. The van der Waals surface area contributed by atoms with Crippen LogP contribution in [0.25, 0.3) is 4.96 Å². The summed E-state index contributed by atoms with van der Waals surface area (Å²) in [6, 6.07) is 0. The molecule has 0 aromatic carbocycles. The summed E-state index contributed by atoms with van der Waals surface area (Å²) in [5, 5.41) is 2.01. The van der Waals surface area contributed by atoms with Crippen LogP contribution < -0.4 is 0 Å². The second-order valence-electron chi connectivity index (χ2n) is 6.55. The average Bonchev–Trinajstić information content (AvgIpc) is 2.99. The van der Waals surface area contributed by atoms with Crippen molar-refractivity contribution in [2.45, 2.75) is 44.6 Å². The predicted molar refractivity (Wildman–Crippen MR) is 85.8 cm³/mol. The lowest BCUT2D eigenvalue weighted by atomic mass is 9.72. The molecule has 0 bridgehead atoms. The highest BCUT2D eigenvalue weighted by Gasteiger charge is 2.43. The number of Topliss-reactive ketones (excluding diaryl/α,β-unsaturated/α-hetero) is 1. The average molecular weight is 305 g/mol. The Balaban J connectivity index is 1.82. The first-order valence-electron chi connectivity index (χ1n) is 7.63. The molecule has 2 aromatic heterocycles. The van der Waals surface area contributed by atoms with Crippen LogP contribution in [0.2, 0.25) is 0 Å². The molecule has 1 fully saturated rings. The van der Waals surface area contributed by atoms with Crippen LogP contribution in [0.1, 0.15) is 38.3 Å². The summed E-state index contributed by atoms with van der Waals surface area (Å²) in [6.45, 7) is 2.26. The van der Waals surface area contributed by atoms with E-state index in [1.54, 1.807) is 11.3 Å². The molecule has 0 aliphatic heterocycles. The van der Waals surface area contributed by atoms with Gasteiger partial charge in [0.1, 0.15) is 0 Å². The van der Waals surface area contributed by atoms with E-state index in [1.165, 1.54) is 6.42 Å². The van der Waals surface area contributed by atoms with Crippen molar-refractivity contribution in [3.8, 4) is 0 Å². The standard InChI is InChI=1S/C16H23N3OS/c1-12-5-4-6-16(10-12,18(2)3)14(20)9-13-11-19-7-8-21-15(19)17-13/h7-8,11-12H,4-6,9-10H2,1-3H3. The lowest BCUT2D eigenvalue weighted by Crippen LogP contribution is -2.54. The third-order valence-corrected chi connectivity index (χ3v) is 5.60. The third kappa shape index (κ3) is 2.64. The quantitative estimate of drug-likeness (QED) is 0.871. The summed E-state index contributed by atoms with van der Waals surface area (Å²) in [5.74, 6) is 0.945. The van der Waals surface area contributed by atoms with Gasteiger partial charge in [-0.3, -0.25) is 14.1 Å². The Hall–Kier alpha value is -1.20. The first-order valence-corrected chi connectivity index (χ1v) is 8.51. The molecule has 0 amide bonds. The molecule has 1 aliphatic carbocycles. The molecule has 0 N–H and O–H groups in total. The van der Waals surface area contributed by atoms with Crippen LogP contribution in [0.4, 0.5) is 0 Å². The molecular weight excluding hydrogens is 282 g/mol. The molecule has 2 heterocycles. The van der Waals surface area contributed by atoms with Crippen LogP contribution in [0.15, 0.2) is 17.8 Å². The fraction of sp³-hybridized carbons (Fsp3) is 0.625. The molecule has 1 saturated carbocycles. The zero-order valence-electron chi connectivity index (χ0n) is 13.0. The summed E-state index contributed by atoms with van der Waals surface area (Å²) in [5.41, 5.74) is 0.598. The van der Waals surface area contributed by atoms with E-state index in [0.717, 1.165) is 29.9 Å². The Morgan fingerprint density at radius 1 is 1.57 bits per heavy atom. The smallest absolute Gasteiger partial charge is 0.193 e. The molecular formula is C16H23N3OS. The van der Waals surface area contributed by atoms with E-state index in [2.05, 4.69) is 16.8 Å². The highest BCUT2D eigenvalue weighted by atomic mass is 32.1. The summed E-state index contributed by atoms with van der Waals surface area (Å²) in [6.07, 6.45) is 8.75. The van der Waals surface area contributed by atoms with E-state index in [4.69, 9.17) is 0 Å². The Morgan fingerprint density at radius 2 is 2.38 bits per heavy atom. The maximum atomic E-state index is 13.0. The molecule has 2 aromatic rings. The first-order chi connectivity index (χ1) is 10.0. The van der Waals surface area contributed by atoms with Crippen LogP contribution in [0.5, 0.6) is 0 Å². The van der Waals surface area contributed by atoms with Gasteiger partial charge in [-0.1, -0.05) is 19.8 Å². The summed E-state index contributed by atoms with van der Waals surface area (Å²) < 4.78 is 2.00. The van der Waals surface area contributed by atoms with Crippen LogP contribution in [-0.4, -0.2) is 39.7 Å². The Labute approximate surface area is 129 Å². The maximum absolute atomic E-state index is 13.0. The van der Waals surface area contributed by atoms with Gasteiger partial charge in [-0.2, -0.15) is 0 Å². The minimum atomic E-state index is -0.297. The zero-order chi connectivity index (χ0) is 15.0. The fourth-order valence-corrected chi connectivity index (χ4v) is 4.34. The normalized spacial score (nSPS) is 26.6. The summed E-state index contributed by atoms with van der Waals surface area (Å²) in [4.78, 5) is 20.7. The van der Waals surface area contributed by atoms with Crippen LogP contribution in [0, 0.1) is 5.92 Å². The van der Waals surface area contributed by atoms with Crippen molar-refractivity contribution in [2.24, 2.45) is 5.92 Å². The SMILES string of the molecule is CC1CCCC(C(=O)Cc2cn3ccsc3n2)(N(C)C)C1. The van der Waals surface area contributed by atoms with Gasteiger partial charge in [-0.15, -0.1) is 11.3 Å². The zero-order valence-corrected chi connectivity index (χ0v) is 13.8. The number of carbonyl (C=O) groups excluding carboxylic acids is 1. The number of ketones is 1. The Bertz CT molecular complexity index is 616. The monoisotopic (exact) mass is 305 g/mol. The van der Waals surface area contributed by atoms with Gasteiger partial charge in [-0.25, -0.2) is 4.98 Å². The molecule has 0 saturated heterocycles. The molecule has 0 radical (unpaired) electrons. The maximum Gasteiger partial charge on any atom is 0.193 e. The number of rotatable bonds is 4. The van der Waals surface area contributed by atoms with Crippen molar-refractivity contribution in [1.29, 1.82) is 0 Å². The number of likely N-dealkylation sites (N-methyl/N-ethyl adjacent to an activating group) is 1. The lowest BCUT2D eigenvalue weighted by Gasteiger charge is -2.43. The number of carbonyl (C=O) groups is 1. The fourth-order valence-electron chi connectivity index (χ4n) is 3.62. The van der Waals surface area contributed by atoms with E-state index in [-0.39, 0.29) is 5.54 Å². The molecule has 2 atom stereocenters. The molecule has 4 nitrogen and oxygen atoms in total. The van der Waals surface area contributed by atoms with E-state index < -0.39 is 0 Å². The Kier molecular flexibility index (Phi) is 3.88. The number of nitrogens with zero attached hydrogens (tertiary/aromatic N) is 3. The van der Waals surface area contributed by atoms with Crippen molar-refractivity contribution in [3.63, 3.8) is 0 Å². The second-order valence-corrected chi connectivity index (χ2v) is 7.43. The predicted octanol–water partition coefficient (Wildman–Crippen LogP) is 3.02. The topological polar surface area (TPSA) is 37.6 Å². The summed E-state index contributed by atoms with van der Waals surface area (Å²) >= 11 is 1.61. The van der Waals surface area contributed by atoms with Gasteiger partial charge in [0, 0.05) is 17.8 Å². The van der Waals surface area contributed by atoms with Crippen molar-refractivity contribution in [3.05, 3.63) is 23.5 Å². The van der Waals surface area contributed by atoms with Gasteiger partial charge in [0.2, 0.25) is 0 Å². The van der Waals surface area contributed by atoms with Crippen LogP contribution in [0.3, 0.4) is 0 Å². The number of aromatic nitrogens is 2. The lowest BCUT2D eigenvalue weighted by molar-refractivity contribution is -0.132. The largest absolute Gasteiger partial charge is 0.297 e. The van der Waals surface area contributed by atoms with Gasteiger partial charge >= 0.3 is 0 Å². The van der Waals surface area contributed by atoms with Crippen molar-refractivity contribution in [1.82, 2.24) is 14.3 Å². The highest BCUT2D eigenvalue weighted by Crippen LogP contribution is 2.37. The van der Waals surface area contributed by atoms with Crippen molar-refractivity contribution >= 4 is 22.1 Å². The highest BCUT2D eigenvalue weighted by molar-refractivity contribution is 7.15. The van der Waals surface area contributed by atoms with E-state index in [1.807, 2.05) is 36.3 Å². The van der Waals surface area contributed by atoms with E-state index >= 15 is 0 Å².